The molecule has 1 aliphatic rings. The second kappa shape index (κ2) is 7.34. The van der Waals surface area contributed by atoms with Gasteiger partial charge in [-0.2, -0.15) is 0 Å². The van der Waals surface area contributed by atoms with Crippen molar-refractivity contribution in [3.8, 4) is 0 Å². The van der Waals surface area contributed by atoms with Gasteiger partial charge in [-0.05, 0) is 43.7 Å². The average Bonchev–Trinajstić information content (AvgIpc) is 2.39. The molecule has 1 amide bonds. The van der Waals surface area contributed by atoms with E-state index in [0.29, 0.717) is 6.42 Å². The number of fused-ring (bicyclic) bond motifs is 1. The summed E-state index contributed by atoms with van der Waals surface area (Å²) in [5, 5.41) is 7.12. The zero-order valence-corrected chi connectivity index (χ0v) is 13.5. The first-order valence-electron chi connectivity index (χ1n) is 7.05. The van der Waals surface area contributed by atoms with Crippen molar-refractivity contribution in [2.24, 2.45) is 0 Å². The maximum atomic E-state index is 12.1. The van der Waals surface area contributed by atoms with Crippen LogP contribution in [0.5, 0.6) is 0 Å². The fourth-order valence-electron chi connectivity index (χ4n) is 2.47. The molecule has 1 aromatic rings. The Morgan fingerprint density at radius 3 is 3.10 bits per heavy atom. The van der Waals surface area contributed by atoms with E-state index in [1.165, 1.54) is 4.90 Å². The van der Waals surface area contributed by atoms with Crippen molar-refractivity contribution in [1.29, 1.82) is 0 Å². The maximum Gasteiger partial charge on any atom is 0.222 e. The molecule has 5 heteroatoms. The van der Waals surface area contributed by atoms with Gasteiger partial charge in [0.15, 0.2) is 0 Å². The summed E-state index contributed by atoms with van der Waals surface area (Å²) in [6.07, 6.45) is 1.46. The fraction of sp³-hybridized carbons (Fsp3) is 0.533. The van der Waals surface area contributed by atoms with Gasteiger partial charge in [0.25, 0.3) is 0 Å². The van der Waals surface area contributed by atoms with Crippen LogP contribution in [0.4, 0.5) is 0 Å². The van der Waals surface area contributed by atoms with Crippen LogP contribution in [0.25, 0.3) is 0 Å². The van der Waals surface area contributed by atoms with Gasteiger partial charge >= 0.3 is 0 Å². The normalized spacial score (nSPS) is 19.2. The van der Waals surface area contributed by atoms with Gasteiger partial charge in [-0.15, -0.1) is 11.8 Å². The lowest BCUT2D eigenvalue weighted by atomic mass is 10.0. The smallest absolute Gasteiger partial charge is 0.222 e. The van der Waals surface area contributed by atoms with Crippen LogP contribution in [0.2, 0.25) is 5.02 Å². The molecule has 0 bridgehead atoms. The number of thioether (sulfide) groups is 1. The van der Waals surface area contributed by atoms with Crippen LogP contribution in [0, 0.1) is 0 Å². The highest BCUT2D eigenvalue weighted by atomic mass is 35.5. The predicted molar refractivity (Wildman–Crippen MR) is 85.4 cm³/mol. The van der Waals surface area contributed by atoms with Crippen molar-refractivity contribution in [3.63, 3.8) is 0 Å². The molecule has 0 spiro atoms. The number of halogens is 1. The van der Waals surface area contributed by atoms with E-state index in [0.717, 1.165) is 29.3 Å². The first kappa shape index (κ1) is 15.7. The number of amides is 1. The molecule has 0 aromatic heterocycles. The van der Waals surface area contributed by atoms with E-state index in [1.807, 2.05) is 43.8 Å². The van der Waals surface area contributed by atoms with E-state index in [2.05, 4.69) is 10.6 Å². The maximum absolute atomic E-state index is 12.1. The molecule has 2 rings (SSSR count). The molecule has 20 heavy (non-hydrogen) atoms. The van der Waals surface area contributed by atoms with Crippen LogP contribution in [-0.4, -0.2) is 24.2 Å². The van der Waals surface area contributed by atoms with Crippen LogP contribution in [0.1, 0.15) is 38.3 Å². The summed E-state index contributed by atoms with van der Waals surface area (Å²) in [5.74, 6) is 1.13. The fourth-order valence-corrected chi connectivity index (χ4v) is 3.75. The van der Waals surface area contributed by atoms with Gasteiger partial charge in [-0.25, -0.2) is 0 Å². The standard InChI is InChI=1S/C15H21ClN2OS/c1-3-17-10(2)8-15(19)18-13-6-7-20-14-5-4-11(16)9-12(13)14/h4-5,9-10,13,17H,3,6-8H2,1-2H3,(H,18,19). The summed E-state index contributed by atoms with van der Waals surface area (Å²) >= 11 is 7.90. The van der Waals surface area contributed by atoms with Gasteiger partial charge < -0.3 is 10.6 Å². The highest BCUT2D eigenvalue weighted by Gasteiger charge is 2.23. The number of carbonyl (C=O) groups is 1. The monoisotopic (exact) mass is 312 g/mol. The minimum Gasteiger partial charge on any atom is -0.349 e. The molecule has 2 atom stereocenters. The molecule has 2 N–H and O–H groups in total. The third kappa shape index (κ3) is 4.14. The second-order valence-corrected chi connectivity index (χ2v) is 6.68. The molecule has 0 saturated heterocycles. The topological polar surface area (TPSA) is 41.1 Å². The molecule has 0 saturated carbocycles. The molecule has 0 fully saturated rings. The molecule has 0 radical (unpaired) electrons. The van der Waals surface area contributed by atoms with Crippen molar-refractivity contribution in [2.75, 3.05) is 12.3 Å². The van der Waals surface area contributed by atoms with Crippen molar-refractivity contribution in [3.05, 3.63) is 28.8 Å². The lowest BCUT2D eigenvalue weighted by Crippen LogP contribution is -2.36. The Bertz CT molecular complexity index is 481. The molecule has 2 unspecified atom stereocenters. The van der Waals surface area contributed by atoms with E-state index in [1.54, 1.807) is 0 Å². The Balaban J connectivity index is 2.01. The van der Waals surface area contributed by atoms with E-state index in [-0.39, 0.29) is 18.0 Å². The van der Waals surface area contributed by atoms with Crippen LogP contribution in [0.3, 0.4) is 0 Å². The molecular weight excluding hydrogens is 292 g/mol. The highest BCUT2D eigenvalue weighted by Crippen LogP contribution is 2.37. The number of rotatable bonds is 5. The minimum absolute atomic E-state index is 0.0891. The van der Waals surface area contributed by atoms with Crippen molar-refractivity contribution in [1.82, 2.24) is 10.6 Å². The quantitative estimate of drug-likeness (QED) is 0.875. The van der Waals surface area contributed by atoms with E-state index in [4.69, 9.17) is 11.6 Å². The summed E-state index contributed by atoms with van der Waals surface area (Å²) in [5.41, 5.74) is 1.15. The van der Waals surface area contributed by atoms with E-state index in [9.17, 15) is 4.79 Å². The average molecular weight is 313 g/mol. The number of hydrogen-bond acceptors (Lipinski definition) is 3. The van der Waals surface area contributed by atoms with Crippen molar-refractivity contribution >= 4 is 29.3 Å². The highest BCUT2D eigenvalue weighted by molar-refractivity contribution is 7.99. The predicted octanol–water partition coefficient (Wildman–Crippen LogP) is 3.38. The third-order valence-electron chi connectivity index (χ3n) is 3.39. The Kier molecular flexibility index (Phi) is 5.75. The van der Waals surface area contributed by atoms with Crippen LogP contribution >= 0.6 is 23.4 Å². The largest absolute Gasteiger partial charge is 0.349 e. The Morgan fingerprint density at radius 2 is 2.35 bits per heavy atom. The molecule has 110 valence electrons. The summed E-state index contributed by atoms with van der Waals surface area (Å²) in [4.78, 5) is 13.3. The van der Waals surface area contributed by atoms with E-state index >= 15 is 0 Å². The van der Waals surface area contributed by atoms with Gasteiger partial charge in [-0.1, -0.05) is 18.5 Å². The van der Waals surface area contributed by atoms with Crippen LogP contribution < -0.4 is 10.6 Å². The van der Waals surface area contributed by atoms with Crippen molar-refractivity contribution in [2.45, 2.75) is 43.7 Å². The number of nitrogens with one attached hydrogen (secondary N) is 2. The zero-order valence-electron chi connectivity index (χ0n) is 11.9. The van der Waals surface area contributed by atoms with Gasteiger partial charge in [0.2, 0.25) is 5.91 Å². The summed E-state index contributed by atoms with van der Waals surface area (Å²) in [6, 6.07) is 6.22. The first-order valence-corrected chi connectivity index (χ1v) is 8.41. The van der Waals surface area contributed by atoms with Crippen LogP contribution in [0.15, 0.2) is 23.1 Å². The number of hydrogen-bond donors (Lipinski definition) is 2. The van der Waals surface area contributed by atoms with Crippen molar-refractivity contribution < 1.29 is 4.79 Å². The summed E-state index contributed by atoms with van der Waals surface area (Å²) < 4.78 is 0. The second-order valence-electron chi connectivity index (χ2n) is 5.10. The van der Waals surface area contributed by atoms with Gasteiger partial charge in [-0.3, -0.25) is 4.79 Å². The van der Waals surface area contributed by atoms with E-state index < -0.39 is 0 Å². The van der Waals surface area contributed by atoms with Crippen LogP contribution in [-0.2, 0) is 4.79 Å². The number of carbonyl (C=O) groups excluding carboxylic acids is 1. The molecule has 0 aliphatic carbocycles. The number of benzene rings is 1. The third-order valence-corrected chi connectivity index (χ3v) is 4.75. The molecule has 1 aliphatic heterocycles. The molecule has 1 aromatic carbocycles. The molecule has 3 nitrogen and oxygen atoms in total. The lowest BCUT2D eigenvalue weighted by Gasteiger charge is -2.26. The summed E-state index contributed by atoms with van der Waals surface area (Å²) in [6.45, 7) is 4.96. The minimum atomic E-state index is 0.0891. The summed E-state index contributed by atoms with van der Waals surface area (Å²) in [7, 11) is 0. The first-order chi connectivity index (χ1) is 9.60. The van der Waals surface area contributed by atoms with Gasteiger partial charge in [0.1, 0.15) is 0 Å². The molecular formula is C15H21ClN2OS. The zero-order chi connectivity index (χ0) is 14.5. The Labute approximate surface area is 129 Å². The lowest BCUT2D eigenvalue weighted by molar-refractivity contribution is -0.122. The van der Waals surface area contributed by atoms with Gasteiger partial charge in [0.05, 0.1) is 6.04 Å². The Morgan fingerprint density at radius 1 is 1.55 bits per heavy atom. The SMILES string of the molecule is CCNC(C)CC(=O)NC1CCSc2ccc(Cl)cc21. The molecule has 1 heterocycles. The van der Waals surface area contributed by atoms with Gasteiger partial charge in [0, 0.05) is 28.1 Å². The Hall–Kier alpha value is -0.710.